The largest absolute Gasteiger partial charge is 0.372 e. The lowest BCUT2D eigenvalue weighted by Crippen LogP contribution is -2.43. The molecule has 1 aromatic carbocycles. The molecule has 2 atom stereocenters. The van der Waals surface area contributed by atoms with E-state index in [0.29, 0.717) is 5.56 Å². The van der Waals surface area contributed by atoms with Crippen LogP contribution in [0.2, 0.25) is 0 Å². The Morgan fingerprint density at radius 2 is 2.29 bits per heavy atom. The zero-order valence-electron chi connectivity index (χ0n) is 9.81. The minimum Gasteiger partial charge on any atom is -0.372 e. The summed E-state index contributed by atoms with van der Waals surface area (Å²) in [6.07, 6.45) is 1.17. The molecule has 4 heteroatoms. The van der Waals surface area contributed by atoms with E-state index in [9.17, 15) is 9.90 Å². The van der Waals surface area contributed by atoms with E-state index in [0.717, 1.165) is 30.6 Å². The molecule has 1 amide bonds. The van der Waals surface area contributed by atoms with E-state index in [4.69, 9.17) is 0 Å². The number of rotatable bonds is 0. The number of aliphatic hydroxyl groups excluding tert-OH is 1. The van der Waals surface area contributed by atoms with Gasteiger partial charge in [-0.1, -0.05) is 12.1 Å². The molecular weight excluding hydrogens is 216 g/mol. The van der Waals surface area contributed by atoms with Gasteiger partial charge in [-0.3, -0.25) is 4.79 Å². The number of fused-ring (bicyclic) bond motifs is 2. The number of aryl methyl sites for hydroxylation is 1. The molecule has 3 rings (SSSR count). The van der Waals surface area contributed by atoms with Crippen LogP contribution in [0.3, 0.4) is 0 Å². The van der Waals surface area contributed by atoms with Crippen LogP contribution in [-0.4, -0.2) is 34.7 Å². The molecule has 0 aromatic heterocycles. The molecule has 90 valence electrons. The van der Waals surface area contributed by atoms with Gasteiger partial charge in [0.1, 0.15) is 6.23 Å². The summed E-state index contributed by atoms with van der Waals surface area (Å²) >= 11 is 0. The number of anilines is 1. The summed E-state index contributed by atoms with van der Waals surface area (Å²) < 4.78 is 0. The van der Waals surface area contributed by atoms with Gasteiger partial charge >= 0.3 is 0 Å². The average Bonchev–Trinajstić information content (AvgIpc) is 2.73. The monoisotopic (exact) mass is 232 g/mol. The summed E-state index contributed by atoms with van der Waals surface area (Å²) in [4.78, 5) is 14.3. The molecule has 1 fully saturated rings. The van der Waals surface area contributed by atoms with Gasteiger partial charge < -0.3 is 15.3 Å². The maximum absolute atomic E-state index is 12.5. The van der Waals surface area contributed by atoms with E-state index in [1.165, 1.54) is 0 Å². The second kappa shape index (κ2) is 3.74. The van der Waals surface area contributed by atoms with Crippen molar-refractivity contribution in [2.75, 3.05) is 11.9 Å². The Morgan fingerprint density at radius 3 is 3.12 bits per heavy atom. The average molecular weight is 232 g/mol. The smallest absolute Gasteiger partial charge is 0.256 e. The maximum Gasteiger partial charge on any atom is 0.256 e. The van der Waals surface area contributed by atoms with Gasteiger partial charge in [-0.2, -0.15) is 0 Å². The molecule has 17 heavy (non-hydrogen) atoms. The summed E-state index contributed by atoms with van der Waals surface area (Å²) in [6, 6.07) is 5.60. The van der Waals surface area contributed by atoms with Crippen molar-refractivity contribution in [3.8, 4) is 0 Å². The number of amides is 1. The Hall–Kier alpha value is -1.55. The van der Waals surface area contributed by atoms with Crippen molar-refractivity contribution < 1.29 is 9.90 Å². The van der Waals surface area contributed by atoms with Crippen LogP contribution in [-0.2, 0) is 0 Å². The third-order valence-electron chi connectivity index (χ3n) is 3.71. The highest BCUT2D eigenvalue weighted by Crippen LogP contribution is 2.31. The highest BCUT2D eigenvalue weighted by atomic mass is 16.3. The summed E-state index contributed by atoms with van der Waals surface area (Å²) in [6.45, 7) is 2.68. The second-order valence-electron chi connectivity index (χ2n) is 4.79. The molecule has 2 aliphatic rings. The Morgan fingerprint density at radius 1 is 1.47 bits per heavy atom. The Bertz CT molecular complexity index is 472. The van der Waals surface area contributed by atoms with Crippen LogP contribution in [0.5, 0.6) is 0 Å². The van der Waals surface area contributed by atoms with Gasteiger partial charge in [0.05, 0.1) is 11.6 Å². The molecule has 0 bridgehead atoms. The maximum atomic E-state index is 12.5. The number of benzene rings is 1. The van der Waals surface area contributed by atoms with Crippen molar-refractivity contribution in [3.63, 3.8) is 0 Å². The number of aliphatic hydroxyl groups is 1. The molecule has 4 nitrogen and oxygen atoms in total. The van der Waals surface area contributed by atoms with Gasteiger partial charge in [0, 0.05) is 12.2 Å². The molecule has 1 saturated heterocycles. The van der Waals surface area contributed by atoms with Gasteiger partial charge in [-0.05, 0) is 31.4 Å². The van der Waals surface area contributed by atoms with E-state index < -0.39 is 6.23 Å². The quantitative estimate of drug-likeness (QED) is 0.710. The minimum absolute atomic E-state index is 0.0460. The summed E-state index contributed by atoms with van der Waals surface area (Å²) in [5.41, 5.74) is 2.41. The van der Waals surface area contributed by atoms with Gasteiger partial charge in [0.2, 0.25) is 0 Å². The molecule has 2 N–H and O–H groups in total. The molecule has 0 saturated carbocycles. The van der Waals surface area contributed by atoms with Crippen LogP contribution in [0.4, 0.5) is 5.69 Å². The van der Waals surface area contributed by atoms with E-state index in [2.05, 4.69) is 5.32 Å². The standard InChI is InChI=1S/C13H16N2O2/c1-8-4-2-5-9-11(8)13(17)15-7-3-6-10(15)12(16)14-9/h2,4-5,10,12,14,16H,3,6-7H2,1H3/t10-,12-/m0/s1. The molecule has 0 radical (unpaired) electrons. The predicted octanol–water partition coefficient (Wildman–Crippen LogP) is 1.34. The zero-order valence-corrected chi connectivity index (χ0v) is 9.81. The Kier molecular flexibility index (Phi) is 2.33. The summed E-state index contributed by atoms with van der Waals surface area (Å²) in [5, 5.41) is 13.2. The SMILES string of the molecule is Cc1cccc2c1C(=O)N1CCC[C@H]1[C@H](O)N2. The molecule has 0 spiro atoms. The normalized spacial score (nSPS) is 27.2. The minimum atomic E-state index is -0.663. The highest BCUT2D eigenvalue weighted by molar-refractivity contribution is 6.02. The van der Waals surface area contributed by atoms with Crippen LogP contribution in [0.25, 0.3) is 0 Å². The first-order valence-electron chi connectivity index (χ1n) is 6.03. The molecule has 2 heterocycles. The number of hydrogen-bond acceptors (Lipinski definition) is 3. The first-order chi connectivity index (χ1) is 8.18. The zero-order chi connectivity index (χ0) is 12.0. The van der Waals surface area contributed by atoms with Crippen molar-refractivity contribution in [2.45, 2.75) is 32.0 Å². The topological polar surface area (TPSA) is 52.6 Å². The summed E-state index contributed by atoms with van der Waals surface area (Å²) in [5.74, 6) is 0.0460. The fourth-order valence-corrected chi connectivity index (χ4v) is 2.84. The fourth-order valence-electron chi connectivity index (χ4n) is 2.84. The van der Waals surface area contributed by atoms with E-state index in [1.807, 2.05) is 25.1 Å². The Labute approximate surface area is 100 Å². The molecule has 2 aliphatic heterocycles. The third kappa shape index (κ3) is 1.52. The van der Waals surface area contributed by atoms with Crippen LogP contribution >= 0.6 is 0 Å². The van der Waals surface area contributed by atoms with Crippen LogP contribution in [0.15, 0.2) is 18.2 Å². The number of carbonyl (C=O) groups is 1. The molecular formula is C13H16N2O2. The van der Waals surface area contributed by atoms with Gasteiger partial charge in [-0.15, -0.1) is 0 Å². The number of carbonyl (C=O) groups excluding carboxylic acids is 1. The molecule has 0 unspecified atom stereocenters. The Balaban J connectivity index is 2.13. The predicted molar refractivity (Wildman–Crippen MR) is 64.9 cm³/mol. The van der Waals surface area contributed by atoms with Crippen molar-refractivity contribution >= 4 is 11.6 Å². The second-order valence-corrected chi connectivity index (χ2v) is 4.79. The molecule has 1 aromatic rings. The summed E-state index contributed by atoms with van der Waals surface area (Å²) in [7, 11) is 0. The lowest BCUT2D eigenvalue weighted by Gasteiger charge is -2.25. The number of hydrogen-bond donors (Lipinski definition) is 2. The number of nitrogens with zero attached hydrogens (tertiary/aromatic N) is 1. The van der Waals surface area contributed by atoms with Crippen LogP contribution < -0.4 is 5.32 Å². The van der Waals surface area contributed by atoms with Crippen molar-refractivity contribution in [3.05, 3.63) is 29.3 Å². The van der Waals surface area contributed by atoms with Crippen molar-refractivity contribution in [1.82, 2.24) is 4.90 Å². The van der Waals surface area contributed by atoms with Crippen LogP contribution in [0.1, 0.15) is 28.8 Å². The van der Waals surface area contributed by atoms with Crippen LogP contribution in [0, 0.1) is 6.92 Å². The fraction of sp³-hybridized carbons (Fsp3) is 0.462. The van der Waals surface area contributed by atoms with Crippen molar-refractivity contribution in [2.24, 2.45) is 0 Å². The van der Waals surface area contributed by atoms with Gasteiger partial charge in [0.25, 0.3) is 5.91 Å². The molecule has 0 aliphatic carbocycles. The van der Waals surface area contributed by atoms with E-state index >= 15 is 0 Å². The van der Waals surface area contributed by atoms with Gasteiger partial charge in [0.15, 0.2) is 0 Å². The first-order valence-corrected chi connectivity index (χ1v) is 6.03. The van der Waals surface area contributed by atoms with E-state index in [-0.39, 0.29) is 11.9 Å². The number of nitrogens with one attached hydrogen (secondary N) is 1. The highest BCUT2D eigenvalue weighted by Gasteiger charge is 2.38. The van der Waals surface area contributed by atoms with Gasteiger partial charge in [-0.25, -0.2) is 0 Å². The lowest BCUT2D eigenvalue weighted by molar-refractivity contribution is 0.0581. The van der Waals surface area contributed by atoms with E-state index in [1.54, 1.807) is 4.90 Å². The lowest BCUT2D eigenvalue weighted by atomic mass is 10.1. The van der Waals surface area contributed by atoms with Crippen molar-refractivity contribution in [1.29, 1.82) is 0 Å². The third-order valence-corrected chi connectivity index (χ3v) is 3.71. The first kappa shape index (κ1) is 10.6.